The lowest BCUT2D eigenvalue weighted by Crippen LogP contribution is -2.51. The van der Waals surface area contributed by atoms with Crippen molar-refractivity contribution in [2.75, 3.05) is 6.61 Å². The summed E-state index contributed by atoms with van der Waals surface area (Å²) in [5, 5.41) is 3.88. The maximum absolute atomic E-state index is 12.9. The fourth-order valence-corrected chi connectivity index (χ4v) is 6.21. The minimum absolute atomic E-state index is 0.154. The van der Waals surface area contributed by atoms with Gasteiger partial charge in [0, 0.05) is 5.39 Å². The van der Waals surface area contributed by atoms with Crippen molar-refractivity contribution in [1.82, 2.24) is 5.32 Å². The quantitative estimate of drug-likeness (QED) is 0.781. The molecular formula is C23H27NO4. The SMILES string of the molecule is C[C@H](NC(=O)COC(=O)C12CC3CC(CC(C3)C1)C2)c1cc2ccccc2o1. The van der Waals surface area contributed by atoms with Crippen LogP contribution in [0.1, 0.15) is 57.3 Å². The third kappa shape index (κ3) is 3.11. The summed E-state index contributed by atoms with van der Waals surface area (Å²) in [6.07, 6.45) is 6.70. The predicted octanol–water partition coefficient (Wildman–Crippen LogP) is 4.37. The van der Waals surface area contributed by atoms with Crippen LogP contribution < -0.4 is 5.32 Å². The van der Waals surface area contributed by atoms with E-state index >= 15 is 0 Å². The first-order chi connectivity index (χ1) is 13.5. The molecule has 2 aromatic rings. The van der Waals surface area contributed by atoms with Gasteiger partial charge in [0.25, 0.3) is 5.91 Å². The molecule has 1 aromatic heterocycles. The Morgan fingerprint density at radius 3 is 2.43 bits per heavy atom. The highest BCUT2D eigenvalue weighted by Gasteiger charge is 2.55. The van der Waals surface area contributed by atoms with Crippen LogP contribution in [0.5, 0.6) is 0 Å². The zero-order valence-corrected chi connectivity index (χ0v) is 16.3. The van der Waals surface area contributed by atoms with E-state index < -0.39 is 0 Å². The molecule has 5 nitrogen and oxygen atoms in total. The third-order valence-electron chi connectivity index (χ3n) is 7.05. The van der Waals surface area contributed by atoms with E-state index in [-0.39, 0.29) is 29.9 Å². The highest BCUT2D eigenvalue weighted by Crippen LogP contribution is 2.60. The van der Waals surface area contributed by atoms with Crippen molar-refractivity contribution in [2.24, 2.45) is 23.2 Å². The predicted molar refractivity (Wildman–Crippen MR) is 104 cm³/mol. The number of nitrogens with one attached hydrogen (secondary N) is 1. The van der Waals surface area contributed by atoms with Crippen LogP contribution in [0.3, 0.4) is 0 Å². The summed E-state index contributed by atoms with van der Waals surface area (Å²) in [6.45, 7) is 1.65. The summed E-state index contributed by atoms with van der Waals surface area (Å²) in [5.41, 5.74) is 0.478. The van der Waals surface area contributed by atoms with Gasteiger partial charge in [-0.15, -0.1) is 0 Å². The Morgan fingerprint density at radius 1 is 1.14 bits per heavy atom. The molecule has 0 aliphatic heterocycles. The van der Waals surface area contributed by atoms with Crippen LogP contribution in [-0.4, -0.2) is 18.5 Å². The molecular weight excluding hydrogens is 354 g/mol. The fraction of sp³-hybridized carbons (Fsp3) is 0.565. The molecule has 0 spiro atoms. The Bertz CT molecular complexity index is 846. The molecule has 1 heterocycles. The number of benzene rings is 1. The van der Waals surface area contributed by atoms with Crippen LogP contribution in [-0.2, 0) is 14.3 Å². The molecule has 0 radical (unpaired) electrons. The summed E-state index contributed by atoms with van der Waals surface area (Å²) in [4.78, 5) is 25.2. The summed E-state index contributed by atoms with van der Waals surface area (Å²) >= 11 is 0. The minimum Gasteiger partial charge on any atom is -0.459 e. The molecule has 4 aliphatic carbocycles. The van der Waals surface area contributed by atoms with Crippen LogP contribution in [0.15, 0.2) is 34.7 Å². The molecule has 148 valence electrons. The molecule has 0 saturated heterocycles. The Hall–Kier alpha value is -2.30. The van der Waals surface area contributed by atoms with E-state index in [0.29, 0.717) is 23.5 Å². The monoisotopic (exact) mass is 381 g/mol. The van der Waals surface area contributed by atoms with Gasteiger partial charge in [0.15, 0.2) is 6.61 Å². The first-order valence-corrected chi connectivity index (χ1v) is 10.5. The molecule has 0 unspecified atom stereocenters. The smallest absolute Gasteiger partial charge is 0.312 e. The maximum Gasteiger partial charge on any atom is 0.312 e. The van der Waals surface area contributed by atoms with Crippen molar-refractivity contribution in [2.45, 2.75) is 51.5 Å². The van der Waals surface area contributed by atoms with Gasteiger partial charge < -0.3 is 14.5 Å². The van der Waals surface area contributed by atoms with Crippen LogP contribution in [0.2, 0.25) is 0 Å². The maximum atomic E-state index is 12.9. The zero-order chi connectivity index (χ0) is 19.3. The molecule has 6 rings (SSSR count). The molecule has 1 aromatic carbocycles. The third-order valence-corrected chi connectivity index (χ3v) is 7.05. The fourth-order valence-electron chi connectivity index (χ4n) is 6.21. The Kier molecular flexibility index (Phi) is 4.22. The average Bonchev–Trinajstić information content (AvgIpc) is 3.09. The Morgan fingerprint density at radius 2 is 1.79 bits per heavy atom. The number of ether oxygens (including phenoxy) is 1. The highest BCUT2D eigenvalue weighted by atomic mass is 16.5. The second-order valence-electron chi connectivity index (χ2n) is 9.25. The number of hydrogen-bond donors (Lipinski definition) is 1. The minimum atomic E-state index is -0.320. The number of para-hydroxylation sites is 1. The molecule has 1 N–H and O–H groups in total. The number of fused-ring (bicyclic) bond motifs is 1. The second-order valence-corrected chi connectivity index (χ2v) is 9.25. The zero-order valence-electron chi connectivity index (χ0n) is 16.3. The molecule has 1 atom stereocenters. The normalized spacial score (nSPS) is 31.7. The van der Waals surface area contributed by atoms with Gasteiger partial charge in [-0.2, -0.15) is 0 Å². The Balaban J connectivity index is 1.18. The average molecular weight is 381 g/mol. The molecule has 4 fully saturated rings. The topological polar surface area (TPSA) is 68.5 Å². The van der Waals surface area contributed by atoms with E-state index in [4.69, 9.17) is 9.15 Å². The highest BCUT2D eigenvalue weighted by molar-refractivity contribution is 5.83. The van der Waals surface area contributed by atoms with Crippen LogP contribution >= 0.6 is 0 Å². The summed E-state index contributed by atoms with van der Waals surface area (Å²) < 4.78 is 11.3. The van der Waals surface area contributed by atoms with Gasteiger partial charge in [-0.1, -0.05) is 18.2 Å². The molecule has 4 bridgehead atoms. The van der Waals surface area contributed by atoms with E-state index in [0.717, 1.165) is 30.2 Å². The molecule has 4 aliphatic rings. The van der Waals surface area contributed by atoms with Crippen LogP contribution in [0.4, 0.5) is 0 Å². The van der Waals surface area contributed by atoms with E-state index in [1.54, 1.807) is 0 Å². The number of hydrogen-bond acceptors (Lipinski definition) is 4. The van der Waals surface area contributed by atoms with E-state index in [9.17, 15) is 9.59 Å². The van der Waals surface area contributed by atoms with Crippen molar-refractivity contribution in [3.05, 3.63) is 36.1 Å². The number of rotatable bonds is 5. The van der Waals surface area contributed by atoms with Crippen LogP contribution in [0, 0.1) is 23.2 Å². The molecule has 5 heteroatoms. The van der Waals surface area contributed by atoms with Gasteiger partial charge in [-0.25, -0.2) is 0 Å². The van der Waals surface area contributed by atoms with Gasteiger partial charge in [0.1, 0.15) is 11.3 Å². The summed E-state index contributed by atoms with van der Waals surface area (Å²) in [6, 6.07) is 9.41. The number of esters is 1. The number of carbonyl (C=O) groups excluding carboxylic acids is 2. The van der Waals surface area contributed by atoms with Gasteiger partial charge in [0.2, 0.25) is 0 Å². The lowest BCUT2D eigenvalue weighted by Gasteiger charge is -2.55. The first kappa shape index (κ1) is 17.8. The first-order valence-electron chi connectivity index (χ1n) is 10.5. The van der Waals surface area contributed by atoms with Crippen molar-refractivity contribution in [3.8, 4) is 0 Å². The lowest BCUT2D eigenvalue weighted by molar-refractivity contribution is -0.173. The van der Waals surface area contributed by atoms with Gasteiger partial charge in [-0.05, 0) is 75.3 Å². The summed E-state index contributed by atoms with van der Waals surface area (Å²) in [5.74, 6) is 2.30. The number of furan rings is 1. The largest absolute Gasteiger partial charge is 0.459 e. The molecule has 4 saturated carbocycles. The molecule has 28 heavy (non-hydrogen) atoms. The van der Waals surface area contributed by atoms with E-state index in [1.807, 2.05) is 37.3 Å². The van der Waals surface area contributed by atoms with Gasteiger partial charge in [-0.3, -0.25) is 9.59 Å². The standard InChI is InChI=1S/C23H27NO4/c1-14(20-9-18-4-2-3-5-19(18)28-20)24-21(25)13-27-22(26)23-10-15-6-16(11-23)8-17(7-15)12-23/h2-5,9,14-17H,6-8,10-13H2,1H3,(H,24,25)/t14-,15?,16?,17?,23?/m0/s1. The number of carbonyl (C=O) groups is 2. The van der Waals surface area contributed by atoms with Crippen LogP contribution in [0.25, 0.3) is 11.0 Å². The van der Waals surface area contributed by atoms with E-state index in [1.165, 1.54) is 19.3 Å². The second kappa shape index (κ2) is 6.64. The van der Waals surface area contributed by atoms with Crippen molar-refractivity contribution >= 4 is 22.8 Å². The van der Waals surface area contributed by atoms with Crippen molar-refractivity contribution in [1.29, 1.82) is 0 Å². The Labute approximate surface area is 164 Å². The number of amides is 1. The lowest BCUT2D eigenvalue weighted by atomic mass is 9.49. The van der Waals surface area contributed by atoms with Crippen molar-refractivity contribution in [3.63, 3.8) is 0 Å². The van der Waals surface area contributed by atoms with Gasteiger partial charge in [0.05, 0.1) is 11.5 Å². The van der Waals surface area contributed by atoms with Gasteiger partial charge >= 0.3 is 5.97 Å². The van der Waals surface area contributed by atoms with Crippen molar-refractivity contribution < 1.29 is 18.7 Å². The summed E-state index contributed by atoms with van der Waals surface area (Å²) in [7, 11) is 0. The van der Waals surface area contributed by atoms with E-state index in [2.05, 4.69) is 5.32 Å². The molecule has 1 amide bonds.